The normalized spacial score (nSPS) is 16.9. The zero-order valence-electron chi connectivity index (χ0n) is 13.5. The zero-order chi connectivity index (χ0) is 17.8. The Morgan fingerprint density at radius 3 is 2.36 bits per heavy atom. The maximum Gasteiger partial charge on any atom is 0.223 e. The monoisotopic (exact) mass is 358 g/mol. The first-order valence-electron chi connectivity index (χ1n) is 7.96. The maximum atomic E-state index is 11.8. The molecule has 1 aliphatic rings. The van der Waals surface area contributed by atoms with E-state index >= 15 is 0 Å². The van der Waals surface area contributed by atoms with E-state index in [4.69, 9.17) is 16.3 Å². The van der Waals surface area contributed by atoms with Crippen LogP contribution in [0.1, 0.15) is 17.5 Å². The lowest BCUT2D eigenvalue weighted by molar-refractivity contribution is -0.311. The van der Waals surface area contributed by atoms with E-state index in [1.807, 2.05) is 48.5 Å². The summed E-state index contributed by atoms with van der Waals surface area (Å²) in [5.74, 6) is -1.31. The topological polar surface area (TPSA) is 69.7 Å². The minimum atomic E-state index is -1.17. The first kappa shape index (κ1) is 17.3. The third kappa shape index (κ3) is 4.51. The third-order valence-corrected chi connectivity index (χ3v) is 4.42. The molecular weight excluding hydrogens is 342 g/mol. The number of hydrogen-bond donors (Lipinski definition) is 0. The summed E-state index contributed by atoms with van der Waals surface area (Å²) in [6, 6.07) is 14.9. The van der Waals surface area contributed by atoms with Crippen LogP contribution in [-0.4, -0.2) is 23.3 Å². The predicted molar refractivity (Wildman–Crippen MR) is 90.8 cm³/mol. The Labute approximate surface area is 150 Å². The molecule has 0 aromatic heterocycles. The van der Waals surface area contributed by atoms with E-state index in [1.165, 1.54) is 0 Å². The van der Waals surface area contributed by atoms with E-state index in [1.54, 1.807) is 4.90 Å². The van der Waals surface area contributed by atoms with E-state index in [2.05, 4.69) is 0 Å². The average Bonchev–Trinajstić information content (AvgIpc) is 2.97. The number of benzene rings is 2. The second-order valence-corrected chi connectivity index (χ2v) is 6.49. The molecule has 1 saturated heterocycles. The largest absolute Gasteiger partial charge is 0.550 e. The van der Waals surface area contributed by atoms with Crippen LogP contribution in [0.5, 0.6) is 5.75 Å². The molecule has 1 heterocycles. The predicted octanol–water partition coefficient (Wildman–Crippen LogP) is 2.02. The second-order valence-electron chi connectivity index (χ2n) is 6.05. The molecule has 130 valence electrons. The Bertz CT molecular complexity index is 758. The lowest BCUT2D eigenvalue weighted by atomic mass is 10.1. The van der Waals surface area contributed by atoms with Gasteiger partial charge >= 0.3 is 0 Å². The molecule has 0 saturated carbocycles. The minimum absolute atomic E-state index is 0.0185. The first-order chi connectivity index (χ1) is 12.0. The molecule has 0 spiro atoms. The van der Waals surface area contributed by atoms with Gasteiger partial charge in [-0.25, -0.2) is 0 Å². The number of hydrogen-bond acceptors (Lipinski definition) is 4. The quantitative estimate of drug-likeness (QED) is 0.792. The maximum absolute atomic E-state index is 11.8. The number of carboxylic acids is 1. The Balaban J connectivity index is 1.54. The smallest absolute Gasteiger partial charge is 0.223 e. The number of likely N-dealkylation sites (tertiary alicyclic amines) is 1. The highest BCUT2D eigenvalue weighted by atomic mass is 35.5. The number of amides is 1. The van der Waals surface area contributed by atoms with Gasteiger partial charge < -0.3 is 19.5 Å². The van der Waals surface area contributed by atoms with Crippen LogP contribution in [0.3, 0.4) is 0 Å². The highest BCUT2D eigenvalue weighted by Gasteiger charge is 2.30. The molecule has 6 heteroatoms. The van der Waals surface area contributed by atoms with Crippen molar-refractivity contribution in [3.63, 3.8) is 0 Å². The van der Waals surface area contributed by atoms with Crippen molar-refractivity contribution >= 4 is 23.5 Å². The van der Waals surface area contributed by atoms with Gasteiger partial charge in [-0.2, -0.15) is 0 Å². The number of carbonyl (C=O) groups is 2. The van der Waals surface area contributed by atoms with E-state index in [0.717, 1.165) is 16.9 Å². The van der Waals surface area contributed by atoms with Gasteiger partial charge in [0.2, 0.25) is 5.91 Å². The molecule has 0 aliphatic carbocycles. The van der Waals surface area contributed by atoms with Gasteiger partial charge in [0.05, 0.1) is 0 Å². The highest BCUT2D eigenvalue weighted by molar-refractivity contribution is 6.30. The summed E-state index contributed by atoms with van der Waals surface area (Å²) in [7, 11) is 0. The molecule has 0 bridgehead atoms. The van der Waals surface area contributed by atoms with Crippen molar-refractivity contribution in [3.05, 3.63) is 64.7 Å². The zero-order valence-corrected chi connectivity index (χ0v) is 14.2. The fourth-order valence-corrected chi connectivity index (χ4v) is 2.87. The summed E-state index contributed by atoms with van der Waals surface area (Å²) in [4.78, 5) is 24.3. The summed E-state index contributed by atoms with van der Waals surface area (Å²) >= 11 is 5.85. The lowest BCUT2D eigenvalue weighted by Crippen LogP contribution is -2.33. The van der Waals surface area contributed by atoms with Gasteiger partial charge in [-0.15, -0.1) is 0 Å². The summed E-state index contributed by atoms with van der Waals surface area (Å²) in [5, 5.41) is 11.6. The van der Waals surface area contributed by atoms with E-state index in [0.29, 0.717) is 18.2 Å². The molecule has 2 aromatic carbocycles. The number of aliphatic carboxylic acids is 1. The van der Waals surface area contributed by atoms with Crippen LogP contribution >= 0.6 is 11.6 Å². The molecule has 0 N–H and O–H groups in total. The number of nitrogens with zero attached hydrogens (tertiary/aromatic N) is 1. The van der Waals surface area contributed by atoms with Crippen molar-refractivity contribution in [2.24, 2.45) is 5.92 Å². The van der Waals surface area contributed by atoms with Crippen LogP contribution in [-0.2, 0) is 22.7 Å². The Kier molecular flexibility index (Phi) is 5.24. The molecule has 0 unspecified atom stereocenters. The molecule has 0 radical (unpaired) electrons. The number of rotatable bonds is 6. The molecule has 1 atom stereocenters. The van der Waals surface area contributed by atoms with Crippen LogP contribution in [0.2, 0.25) is 5.02 Å². The van der Waals surface area contributed by atoms with Crippen LogP contribution in [0.25, 0.3) is 0 Å². The molecule has 3 rings (SSSR count). The molecule has 1 aliphatic heterocycles. The highest BCUT2D eigenvalue weighted by Crippen LogP contribution is 2.21. The van der Waals surface area contributed by atoms with Gasteiger partial charge in [-0.3, -0.25) is 4.79 Å². The van der Waals surface area contributed by atoms with E-state index < -0.39 is 11.9 Å². The average molecular weight is 359 g/mol. The Morgan fingerprint density at radius 2 is 1.76 bits per heavy atom. The number of ether oxygens (including phenoxy) is 1. The Hall–Kier alpha value is -2.53. The number of carboxylic acid groups (broad SMARTS) is 1. The van der Waals surface area contributed by atoms with Crippen molar-refractivity contribution in [2.45, 2.75) is 19.6 Å². The minimum Gasteiger partial charge on any atom is -0.550 e. The summed E-state index contributed by atoms with van der Waals surface area (Å²) in [6.45, 7) is 1.03. The Morgan fingerprint density at radius 1 is 1.12 bits per heavy atom. The molecule has 5 nitrogen and oxygen atoms in total. The van der Waals surface area contributed by atoms with E-state index in [9.17, 15) is 14.7 Å². The second kappa shape index (κ2) is 7.57. The van der Waals surface area contributed by atoms with Gasteiger partial charge in [-0.05, 0) is 35.4 Å². The van der Waals surface area contributed by atoms with Gasteiger partial charge in [0.15, 0.2) is 0 Å². The summed E-state index contributed by atoms with van der Waals surface area (Å²) < 4.78 is 5.72. The summed E-state index contributed by atoms with van der Waals surface area (Å²) in [6.07, 6.45) is 0.0185. The molecular formula is C19H17ClNO4-. The summed E-state index contributed by atoms with van der Waals surface area (Å²) in [5.41, 5.74) is 1.94. The number of halogens is 1. The third-order valence-electron chi connectivity index (χ3n) is 4.16. The fraction of sp³-hybridized carbons (Fsp3) is 0.263. The van der Waals surface area contributed by atoms with Crippen LogP contribution in [0.15, 0.2) is 48.5 Å². The first-order valence-corrected chi connectivity index (χ1v) is 8.34. The van der Waals surface area contributed by atoms with E-state index in [-0.39, 0.29) is 18.9 Å². The molecule has 1 fully saturated rings. The van der Waals surface area contributed by atoms with Crippen LogP contribution in [0, 0.1) is 5.92 Å². The van der Waals surface area contributed by atoms with Crippen LogP contribution < -0.4 is 9.84 Å². The van der Waals surface area contributed by atoms with Gasteiger partial charge in [0.1, 0.15) is 12.4 Å². The lowest BCUT2D eigenvalue weighted by Gasteiger charge is -2.17. The van der Waals surface area contributed by atoms with Crippen molar-refractivity contribution in [1.29, 1.82) is 0 Å². The fourth-order valence-electron chi connectivity index (χ4n) is 2.74. The SMILES string of the molecule is O=C([O-])[C@@H]1CC(=O)N(Cc2ccc(OCc3ccc(Cl)cc3)cc2)C1. The van der Waals surface area contributed by atoms with Crippen LogP contribution in [0.4, 0.5) is 0 Å². The molecule has 1 amide bonds. The number of carbonyl (C=O) groups excluding carboxylic acids is 2. The van der Waals surface area contributed by atoms with Gasteiger partial charge in [-0.1, -0.05) is 35.9 Å². The van der Waals surface area contributed by atoms with Crippen molar-refractivity contribution in [3.8, 4) is 5.75 Å². The molecule has 2 aromatic rings. The van der Waals surface area contributed by atoms with Crippen molar-refractivity contribution in [2.75, 3.05) is 6.54 Å². The standard InChI is InChI=1S/C19H18ClNO4/c20-16-5-1-14(2-6-16)12-25-17-7-3-13(4-8-17)10-21-11-15(19(23)24)9-18(21)22/h1-8,15H,9-12H2,(H,23,24)/p-1/t15-/m1/s1. The van der Waals surface area contributed by atoms with Gasteiger partial charge in [0.25, 0.3) is 0 Å². The molecule has 25 heavy (non-hydrogen) atoms. The van der Waals surface area contributed by atoms with Crippen molar-refractivity contribution < 1.29 is 19.4 Å². The van der Waals surface area contributed by atoms with Gasteiger partial charge in [0, 0.05) is 36.4 Å². The van der Waals surface area contributed by atoms with Crippen molar-refractivity contribution in [1.82, 2.24) is 4.90 Å².